The normalized spacial score (nSPS) is 14.6. The van der Waals surface area contributed by atoms with E-state index >= 15 is 0 Å². The molecule has 1 rings (SSSR count). The summed E-state index contributed by atoms with van der Waals surface area (Å²) >= 11 is 0. The van der Waals surface area contributed by atoms with E-state index in [0.29, 0.717) is 47.0 Å². The summed E-state index contributed by atoms with van der Waals surface area (Å²) in [5, 5.41) is 35.8. The predicted molar refractivity (Wildman–Crippen MR) is 468 cm³/mol. The molecular formula is C95H214O4. The van der Waals surface area contributed by atoms with E-state index in [-0.39, 0.29) is 18.3 Å². The Labute approximate surface area is 637 Å². The van der Waals surface area contributed by atoms with E-state index in [4.69, 9.17) is 20.4 Å². The van der Waals surface area contributed by atoms with Gasteiger partial charge in [-0.3, -0.25) is 0 Å². The van der Waals surface area contributed by atoms with Gasteiger partial charge in [0.05, 0.1) is 18.3 Å². The molecule has 4 nitrogen and oxygen atoms in total. The van der Waals surface area contributed by atoms with Crippen LogP contribution in [0, 0.1) is 129 Å². The van der Waals surface area contributed by atoms with E-state index in [9.17, 15) is 0 Å². The van der Waals surface area contributed by atoms with Crippen LogP contribution in [0.2, 0.25) is 0 Å². The first-order chi connectivity index (χ1) is 44.9. The molecule has 1 fully saturated rings. The van der Waals surface area contributed by atoms with Gasteiger partial charge in [0.1, 0.15) is 0 Å². The van der Waals surface area contributed by atoms with Crippen molar-refractivity contribution in [2.24, 2.45) is 129 Å². The van der Waals surface area contributed by atoms with Crippen LogP contribution in [0.1, 0.15) is 467 Å². The maximum absolute atomic E-state index is 9.03. The van der Waals surface area contributed by atoms with Gasteiger partial charge in [0.25, 0.3) is 0 Å². The van der Waals surface area contributed by atoms with Crippen LogP contribution in [0.25, 0.3) is 0 Å². The summed E-state index contributed by atoms with van der Waals surface area (Å²) in [4.78, 5) is 0. The zero-order valence-corrected chi connectivity index (χ0v) is 79.3. The van der Waals surface area contributed by atoms with Gasteiger partial charge in [-0.1, -0.05) is 383 Å². The standard InChI is InChI=1S/C11H22.C8H18.4C7H16O.6C7H16.C6H14/c1-10(2)9-11(3)7-5-4-6-8-11;1-7(2)6-8(3,4)5;1-4-7(5-8)6(2)3;3*1-4-7(8)5-6(2)3;3*1-6(2)5-7(3)4;3*1-5-7(4)6(2)3;1-4-5-6(2)3/h10H,4-9H2,1-3H3;7H,6H2,1-5H3;4*6-8H,4-5H2,1-3H3;6*6-7H,5H2,1-4H3;6H,4-5H2,1-3H3/t;;;2*7-;;;;;2*7-;;/m...10....10../s1. The molecule has 1 saturated carbocycles. The van der Waals surface area contributed by atoms with Crippen LogP contribution < -0.4 is 0 Å². The summed E-state index contributed by atoms with van der Waals surface area (Å²) in [6, 6.07) is 0. The fourth-order valence-corrected chi connectivity index (χ4v) is 11.6. The van der Waals surface area contributed by atoms with Gasteiger partial charge in [-0.2, -0.15) is 0 Å². The van der Waals surface area contributed by atoms with Crippen molar-refractivity contribution >= 4 is 0 Å². The molecule has 7 atom stereocenters. The van der Waals surface area contributed by atoms with Crippen molar-refractivity contribution in [2.45, 2.75) is 485 Å². The van der Waals surface area contributed by atoms with Crippen LogP contribution >= 0.6 is 0 Å². The van der Waals surface area contributed by atoms with E-state index in [0.717, 1.165) is 134 Å². The van der Waals surface area contributed by atoms with Gasteiger partial charge >= 0.3 is 0 Å². The van der Waals surface area contributed by atoms with E-state index in [1.165, 1.54) is 96.3 Å². The van der Waals surface area contributed by atoms with Crippen LogP contribution in [0.15, 0.2) is 0 Å². The van der Waals surface area contributed by atoms with Gasteiger partial charge in [0.15, 0.2) is 0 Å². The maximum Gasteiger partial charge on any atom is 0.0540 e. The Bertz CT molecular complexity index is 1240. The molecule has 0 saturated heterocycles. The Kier molecular flexibility index (Phi) is 108. The van der Waals surface area contributed by atoms with Gasteiger partial charge in [-0.15, -0.1) is 0 Å². The minimum atomic E-state index is -0.0741. The summed E-state index contributed by atoms with van der Waals surface area (Å²) in [5.74, 6) is 16.2. The topological polar surface area (TPSA) is 80.9 Å². The molecular weight excluding hydrogens is 1210 g/mol. The first-order valence-corrected chi connectivity index (χ1v) is 43.6. The number of aliphatic hydroxyl groups excluding tert-OH is 4. The molecule has 0 spiro atoms. The Morgan fingerprint density at radius 3 is 0.596 bits per heavy atom. The number of hydrogen-bond acceptors (Lipinski definition) is 4. The van der Waals surface area contributed by atoms with E-state index in [1.807, 2.05) is 20.8 Å². The first kappa shape index (κ1) is 125. The molecule has 1 aliphatic carbocycles. The zero-order chi connectivity index (χ0) is 81.5. The van der Waals surface area contributed by atoms with Crippen molar-refractivity contribution in [3.8, 4) is 0 Å². The van der Waals surface area contributed by atoms with Crippen LogP contribution in [0.4, 0.5) is 0 Å². The van der Waals surface area contributed by atoms with Gasteiger partial charge < -0.3 is 20.4 Å². The van der Waals surface area contributed by atoms with Gasteiger partial charge in [0, 0.05) is 6.61 Å². The minimum Gasteiger partial charge on any atom is -0.396 e. The third-order valence-corrected chi connectivity index (χ3v) is 18.4. The third-order valence-electron chi connectivity index (χ3n) is 18.4. The largest absolute Gasteiger partial charge is 0.396 e. The molecule has 1 aliphatic rings. The average molecular weight is 1420 g/mol. The van der Waals surface area contributed by atoms with Crippen molar-refractivity contribution in [1.82, 2.24) is 0 Å². The summed E-state index contributed by atoms with van der Waals surface area (Å²) in [6.45, 7) is 105. The highest BCUT2D eigenvalue weighted by atomic mass is 16.3. The molecule has 0 bridgehead atoms. The Morgan fingerprint density at radius 1 is 0.293 bits per heavy atom. The van der Waals surface area contributed by atoms with Gasteiger partial charge in [-0.05, 0) is 213 Å². The summed E-state index contributed by atoms with van der Waals surface area (Å²) in [7, 11) is 0. The molecule has 0 aromatic rings. The summed E-state index contributed by atoms with van der Waals surface area (Å²) in [5.41, 5.74) is 1.22. The fourth-order valence-electron chi connectivity index (χ4n) is 11.6. The highest BCUT2D eigenvalue weighted by molar-refractivity contribution is 4.79. The smallest absolute Gasteiger partial charge is 0.0540 e. The average Bonchev–Trinajstić information content (AvgIpc) is 0.884. The summed E-state index contributed by atoms with van der Waals surface area (Å²) < 4.78 is 0. The molecule has 0 amide bonds. The lowest BCUT2D eigenvalue weighted by molar-refractivity contribution is 0.144. The Morgan fingerprint density at radius 2 is 0.535 bits per heavy atom. The fraction of sp³-hybridized carbons (Fsp3) is 1.00. The lowest BCUT2D eigenvalue weighted by atomic mass is 9.71. The molecule has 4 N–H and O–H groups in total. The number of aliphatic hydroxyl groups is 4. The number of rotatable bonds is 29. The first-order valence-electron chi connectivity index (χ1n) is 43.6. The van der Waals surface area contributed by atoms with E-state index in [2.05, 4.69) is 305 Å². The second-order valence-corrected chi connectivity index (χ2v) is 38.9. The van der Waals surface area contributed by atoms with E-state index in [1.54, 1.807) is 0 Å². The minimum absolute atomic E-state index is 0.0741. The maximum atomic E-state index is 9.03. The zero-order valence-electron chi connectivity index (χ0n) is 79.3. The molecule has 0 aromatic carbocycles. The molecule has 618 valence electrons. The Hall–Kier alpha value is -0.160. The molecule has 0 radical (unpaired) electrons. The van der Waals surface area contributed by atoms with E-state index < -0.39 is 0 Å². The monoisotopic (exact) mass is 1420 g/mol. The van der Waals surface area contributed by atoms with Crippen molar-refractivity contribution in [3.63, 3.8) is 0 Å². The lowest BCUT2D eigenvalue weighted by Crippen LogP contribution is -2.21. The summed E-state index contributed by atoms with van der Waals surface area (Å²) in [6.07, 6.45) is 27.2. The van der Waals surface area contributed by atoms with Crippen molar-refractivity contribution in [3.05, 3.63) is 0 Å². The van der Waals surface area contributed by atoms with Crippen LogP contribution in [-0.4, -0.2) is 45.3 Å². The second-order valence-electron chi connectivity index (χ2n) is 38.9. The quantitative estimate of drug-likeness (QED) is 0.0602. The van der Waals surface area contributed by atoms with Crippen molar-refractivity contribution in [1.29, 1.82) is 0 Å². The Balaban J connectivity index is -0.0000000831. The molecule has 0 aromatic heterocycles. The highest BCUT2D eigenvalue weighted by Gasteiger charge is 2.27. The molecule has 0 heterocycles. The van der Waals surface area contributed by atoms with Crippen molar-refractivity contribution < 1.29 is 20.4 Å². The van der Waals surface area contributed by atoms with Crippen LogP contribution in [0.5, 0.6) is 0 Å². The molecule has 4 heteroatoms. The molecule has 99 heavy (non-hydrogen) atoms. The SMILES string of the molecule is CC(C)CC(C)(C)C.CC(C)CC(C)C.CC(C)CC(C)C.CC(C)CC(C)C.CC(C)CC1(C)CCCCC1.CCC(C)C(C)C.CCC(CO)C(C)C.CCC(O)CC(C)C.CCCC(C)C.CC[C@@H](C)C(C)C.CC[C@@H](O)CC(C)C.CC[C@H](C)C(C)C.CC[C@H](O)CC(C)C. The molecule has 0 aliphatic heterocycles. The predicted octanol–water partition coefficient (Wildman–Crippen LogP) is 32.7. The second kappa shape index (κ2) is 85.1. The van der Waals surface area contributed by atoms with Crippen LogP contribution in [-0.2, 0) is 0 Å². The third kappa shape index (κ3) is 145. The molecule has 3 unspecified atom stereocenters. The van der Waals surface area contributed by atoms with Crippen molar-refractivity contribution in [2.75, 3.05) is 6.61 Å². The van der Waals surface area contributed by atoms with Gasteiger partial charge in [-0.25, -0.2) is 0 Å². The lowest BCUT2D eigenvalue weighted by Gasteiger charge is -2.35. The number of hydrogen-bond donors (Lipinski definition) is 4. The highest BCUT2D eigenvalue weighted by Crippen LogP contribution is 2.40. The van der Waals surface area contributed by atoms with Gasteiger partial charge in [0.2, 0.25) is 0 Å². The van der Waals surface area contributed by atoms with Crippen LogP contribution in [0.3, 0.4) is 0 Å².